The maximum absolute atomic E-state index is 13.3. The molecular formula is C14H12FNOS. The van der Waals surface area contributed by atoms with E-state index < -0.39 is 0 Å². The molecule has 92 valence electrons. The van der Waals surface area contributed by atoms with Crippen molar-refractivity contribution >= 4 is 29.0 Å². The van der Waals surface area contributed by atoms with Crippen LogP contribution in [0.2, 0.25) is 0 Å². The van der Waals surface area contributed by atoms with E-state index in [2.05, 4.69) is 5.32 Å². The standard InChI is InChI=1S/C14H12FNOS/c1-10-4-5-11(9-13(10)15)16-14(17)7-6-12-3-2-8-18-12/h2-9H,1H3,(H,16,17). The van der Waals surface area contributed by atoms with Crippen LogP contribution in [-0.4, -0.2) is 5.91 Å². The van der Waals surface area contributed by atoms with Crippen molar-refractivity contribution in [1.82, 2.24) is 0 Å². The summed E-state index contributed by atoms with van der Waals surface area (Å²) in [6, 6.07) is 8.45. The number of hydrogen-bond donors (Lipinski definition) is 1. The maximum atomic E-state index is 13.3. The van der Waals surface area contributed by atoms with Gasteiger partial charge in [-0.2, -0.15) is 0 Å². The first kappa shape index (κ1) is 12.5. The Morgan fingerprint density at radius 1 is 1.39 bits per heavy atom. The van der Waals surface area contributed by atoms with E-state index in [0.29, 0.717) is 11.3 Å². The molecule has 4 heteroatoms. The van der Waals surface area contributed by atoms with Crippen molar-refractivity contribution in [2.24, 2.45) is 0 Å². The van der Waals surface area contributed by atoms with Gasteiger partial charge in [0.25, 0.3) is 0 Å². The van der Waals surface area contributed by atoms with Crippen LogP contribution in [0.15, 0.2) is 41.8 Å². The van der Waals surface area contributed by atoms with Crippen LogP contribution >= 0.6 is 11.3 Å². The van der Waals surface area contributed by atoms with Gasteiger partial charge in [-0.15, -0.1) is 11.3 Å². The van der Waals surface area contributed by atoms with Gasteiger partial charge in [-0.25, -0.2) is 4.39 Å². The smallest absolute Gasteiger partial charge is 0.248 e. The average Bonchev–Trinajstić information content (AvgIpc) is 2.84. The Hall–Kier alpha value is -1.94. The third-order valence-electron chi connectivity index (χ3n) is 2.38. The molecule has 2 aromatic rings. The number of thiophene rings is 1. The quantitative estimate of drug-likeness (QED) is 0.835. The predicted molar refractivity (Wildman–Crippen MR) is 73.1 cm³/mol. The number of hydrogen-bond acceptors (Lipinski definition) is 2. The minimum atomic E-state index is -0.324. The fraction of sp³-hybridized carbons (Fsp3) is 0.0714. The van der Waals surface area contributed by atoms with Gasteiger partial charge in [-0.1, -0.05) is 12.1 Å². The third-order valence-corrected chi connectivity index (χ3v) is 3.22. The van der Waals surface area contributed by atoms with Crippen LogP contribution in [0, 0.1) is 12.7 Å². The highest BCUT2D eigenvalue weighted by molar-refractivity contribution is 7.10. The molecule has 0 aliphatic carbocycles. The zero-order chi connectivity index (χ0) is 13.0. The van der Waals surface area contributed by atoms with Gasteiger partial charge in [0.05, 0.1) is 0 Å². The molecule has 1 aromatic carbocycles. The summed E-state index contributed by atoms with van der Waals surface area (Å²) >= 11 is 1.55. The summed E-state index contributed by atoms with van der Waals surface area (Å²) < 4.78 is 13.3. The topological polar surface area (TPSA) is 29.1 Å². The van der Waals surface area contributed by atoms with E-state index in [9.17, 15) is 9.18 Å². The highest BCUT2D eigenvalue weighted by Crippen LogP contribution is 2.14. The lowest BCUT2D eigenvalue weighted by Gasteiger charge is -2.03. The molecule has 2 nitrogen and oxygen atoms in total. The van der Waals surface area contributed by atoms with Crippen LogP contribution in [0.5, 0.6) is 0 Å². The molecule has 0 saturated heterocycles. The summed E-state index contributed by atoms with van der Waals surface area (Å²) in [6.07, 6.45) is 3.16. The molecule has 0 saturated carbocycles. The van der Waals surface area contributed by atoms with Gasteiger partial charge in [0.1, 0.15) is 5.82 Å². The molecule has 0 atom stereocenters. The summed E-state index contributed by atoms with van der Waals surface area (Å²) in [6.45, 7) is 1.68. The number of nitrogens with one attached hydrogen (secondary N) is 1. The molecule has 0 radical (unpaired) electrons. The first-order valence-corrected chi connectivity index (χ1v) is 6.32. The van der Waals surface area contributed by atoms with Crippen molar-refractivity contribution in [2.75, 3.05) is 5.32 Å². The van der Waals surface area contributed by atoms with Gasteiger partial charge in [0, 0.05) is 16.6 Å². The Morgan fingerprint density at radius 3 is 2.89 bits per heavy atom. The van der Waals surface area contributed by atoms with Crippen molar-refractivity contribution < 1.29 is 9.18 Å². The number of carbonyl (C=O) groups excluding carboxylic acids is 1. The van der Waals surface area contributed by atoms with Gasteiger partial charge in [-0.3, -0.25) is 4.79 Å². The normalized spacial score (nSPS) is 10.8. The maximum Gasteiger partial charge on any atom is 0.248 e. The van der Waals surface area contributed by atoms with E-state index in [1.807, 2.05) is 17.5 Å². The van der Waals surface area contributed by atoms with E-state index in [0.717, 1.165) is 4.88 Å². The van der Waals surface area contributed by atoms with Crippen molar-refractivity contribution in [1.29, 1.82) is 0 Å². The molecule has 1 amide bonds. The van der Waals surface area contributed by atoms with Gasteiger partial charge in [0.2, 0.25) is 5.91 Å². The van der Waals surface area contributed by atoms with Crippen molar-refractivity contribution in [2.45, 2.75) is 6.92 Å². The largest absolute Gasteiger partial charge is 0.322 e. The van der Waals surface area contributed by atoms with Gasteiger partial charge in [0.15, 0.2) is 0 Å². The van der Waals surface area contributed by atoms with Crippen LogP contribution in [0.4, 0.5) is 10.1 Å². The van der Waals surface area contributed by atoms with Crippen molar-refractivity contribution in [3.05, 3.63) is 58.0 Å². The lowest BCUT2D eigenvalue weighted by molar-refractivity contribution is -0.111. The molecule has 1 N–H and O–H groups in total. The first-order chi connectivity index (χ1) is 8.65. The number of rotatable bonds is 3. The van der Waals surface area contributed by atoms with Crippen LogP contribution in [0.3, 0.4) is 0 Å². The Morgan fingerprint density at radius 2 is 2.22 bits per heavy atom. The zero-order valence-electron chi connectivity index (χ0n) is 9.81. The summed E-state index contributed by atoms with van der Waals surface area (Å²) in [7, 11) is 0. The number of benzene rings is 1. The van der Waals surface area contributed by atoms with Crippen LogP contribution in [0.25, 0.3) is 6.08 Å². The van der Waals surface area contributed by atoms with E-state index in [1.54, 1.807) is 36.5 Å². The van der Waals surface area contributed by atoms with Crippen molar-refractivity contribution in [3.63, 3.8) is 0 Å². The summed E-state index contributed by atoms with van der Waals surface area (Å²) in [5.74, 6) is -0.596. The summed E-state index contributed by atoms with van der Waals surface area (Å²) in [4.78, 5) is 12.6. The molecule has 2 rings (SSSR count). The highest BCUT2D eigenvalue weighted by Gasteiger charge is 2.01. The Bertz CT molecular complexity index is 575. The molecule has 0 aliphatic rings. The lowest BCUT2D eigenvalue weighted by atomic mass is 10.2. The minimum absolute atomic E-state index is 0.272. The first-order valence-electron chi connectivity index (χ1n) is 5.44. The van der Waals surface area contributed by atoms with Crippen LogP contribution < -0.4 is 5.32 Å². The van der Waals surface area contributed by atoms with E-state index in [4.69, 9.17) is 0 Å². The monoisotopic (exact) mass is 261 g/mol. The Kier molecular flexibility index (Phi) is 3.89. The molecule has 0 unspecified atom stereocenters. The molecule has 18 heavy (non-hydrogen) atoms. The van der Waals surface area contributed by atoms with E-state index >= 15 is 0 Å². The summed E-state index contributed by atoms with van der Waals surface area (Å²) in [5.41, 5.74) is 1.01. The molecule has 0 bridgehead atoms. The van der Waals surface area contributed by atoms with Crippen molar-refractivity contribution in [3.8, 4) is 0 Å². The number of anilines is 1. The minimum Gasteiger partial charge on any atom is -0.322 e. The van der Waals surface area contributed by atoms with Gasteiger partial charge < -0.3 is 5.32 Å². The number of amides is 1. The lowest BCUT2D eigenvalue weighted by Crippen LogP contribution is -2.07. The highest BCUT2D eigenvalue weighted by atomic mass is 32.1. The average molecular weight is 261 g/mol. The van der Waals surface area contributed by atoms with E-state index in [-0.39, 0.29) is 11.7 Å². The second-order valence-electron chi connectivity index (χ2n) is 3.80. The number of aryl methyl sites for hydroxylation is 1. The second kappa shape index (κ2) is 5.60. The molecule has 0 fully saturated rings. The SMILES string of the molecule is Cc1ccc(NC(=O)C=Cc2cccs2)cc1F. The molecular weight excluding hydrogens is 249 g/mol. The fourth-order valence-electron chi connectivity index (χ4n) is 1.40. The Balaban J connectivity index is 2.01. The molecule has 1 heterocycles. The number of carbonyl (C=O) groups is 1. The van der Waals surface area contributed by atoms with E-state index in [1.165, 1.54) is 12.1 Å². The zero-order valence-corrected chi connectivity index (χ0v) is 10.6. The molecule has 0 aliphatic heterocycles. The molecule has 0 spiro atoms. The predicted octanol–water partition coefficient (Wildman–Crippen LogP) is 3.85. The van der Waals surface area contributed by atoms with Gasteiger partial charge in [-0.05, 0) is 42.1 Å². The second-order valence-corrected chi connectivity index (χ2v) is 4.78. The van der Waals surface area contributed by atoms with Crippen LogP contribution in [-0.2, 0) is 4.79 Å². The van der Waals surface area contributed by atoms with Crippen LogP contribution in [0.1, 0.15) is 10.4 Å². The number of halogens is 1. The van der Waals surface area contributed by atoms with Gasteiger partial charge >= 0.3 is 0 Å². The fourth-order valence-corrected chi connectivity index (χ4v) is 2.02. The summed E-state index contributed by atoms with van der Waals surface area (Å²) in [5, 5.41) is 4.55. The Labute approximate surface area is 109 Å². The molecule has 1 aromatic heterocycles. The third kappa shape index (κ3) is 3.28.